The lowest BCUT2D eigenvalue weighted by Gasteiger charge is -2.15. The molecule has 0 aliphatic heterocycles. The Balaban J connectivity index is 2.42. The summed E-state index contributed by atoms with van der Waals surface area (Å²) >= 11 is 0. The molecule has 1 aromatic carbocycles. The summed E-state index contributed by atoms with van der Waals surface area (Å²) in [6.07, 6.45) is 1.86. The summed E-state index contributed by atoms with van der Waals surface area (Å²) in [5.41, 5.74) is 5.93. The van der Waals surface area contributed by atoms with E-state index >= 15 is 0 Å². The largest absolute Gasteiger partial charge is 0.322 e. The van der Waals surface area contributed by atoms with Gasteiger partial charge in [0.15, 0.2) is 0 Å². The summed E-state index contributed by atoms with van der Waals surface area (Å²) in [4.78, 5) is 16.7. The zero-order chi connectivity index (χ0) is 12.9. The smallest absolute Gasteiger partial charge is 0.264 e. The van der Waals surface area contributed by atoms with Crippen LogP contribution in [0.2, 0.25) is 0 Å². The van der Waals surface area contributed by atoms with Crippen LogP contribution >= 0.6 is 0 Å². The van der Waals surface area contributed by atoms with E-state index in [-0.39, 0.29) is 23.0 Å². The zero-order valence-electron chi connectivity index (χ0n) is 10.1. The Morgan fingerprint density at radius 3 is 2.83 bits per heavy atom. The Hall–Kier alpha value is -1.75. The maximum absolute atomic E-state index is 13.8. The number of nitrogens with two attached hydrogens (primary N) is 1. The Kier molecular flexibility index (Phi) is 2.45. The van der Waals surface area contributed by atoms with Crippen molar-refractivity contribution in [3.05, 3.63) is 40.2 Å². The number of benzene rings is 1. The van der Waals surface area contributed by atoms with E-state index in [0.717, 1.165) is 12.8 Å². The highest BCUT2D eigenvalue weighted by molar-refractivity contribution is 5.78. The number of rotatable bonds is 2. The minimum absolute atomic E-state index is 0.0637. The SMILES string of the molecule is CC(N)c1nc2cccc(F)c2c(=O)n1C1CC1. The molecule has 0 radical (unpaired) electrons. The van der Waals surface area contributed by atoms with E-state index < -0.39 is 5.82 Å². The second-order valence-corrected chi connectivity index (χ2v) is 4.80. The Labute approximate surface area is 103 Å². The number of aromatic nitrogens is 2. The molecule has 0 bridgehead atoms. The fourth-order valence-corrected chi connectivity index (χ4v) is 2.23. The molecule has 5 heteroatoms. The first kappa shape index (κ1) is 11.3. The van der Waals surface area contributed by atoms with Crippen LogP contribution in [0.25, 0.3) is 10.9 Å². The van der Waals surface area contributed by atoms with Crippen molar-refractivity contribution < 1.29 is 4.39 Å². The molecule has 2 aromatic rings. The molecule has 1 heterocycles. The molecule has 0 amide bonds. The molecule has 1 aromatic heterocycles. The van der Waals surface area contributed by atoms with Crippen molar-refractivity contribution in [2.24, 2.45) is 5.73 Å². The molecule has 0 saturated heterocycles. The molecule has 2 N–H and O–H groups in total. The maximum Gasteiger partial charge on any atom is 0.264 e. The van der Waals surface area contributed by atoms with Gasteiger partial charge < -0.3 is 5.73 Å². The fourth-order valence-electron chi connectivity index (χ4n) is 2.23. The Bertz CT molecular complexity index is 674. The lowest BCUT2D eigenvalue weighted by molar-refractivity contribution is 0.586. The van der Waals surface area contributed by atoms with Crippen molar-refractivity contribution in [1.82, 2.24) is 9.55 Å². The quantitative estimate of drug-likeness (QED) is 0.881. The van der Waals surface area contributed by atoms with E-state index in [2.05, 4.69) is 4.98 Å². The topological polar surface area (TPSA) is 60.9 Å². The average Bonchev–Trinajstić information content (AvgIpc) is 3.12. The molecule has 1 unspecified atom stereocenters. The van der Waals surface area contributed by atoms with Gasteiger partial charge in [-0.1, -0.05) is 6.07 Å². The normalized spacial score (nSPS) is 17.1. The van der Waals surface area contributed by atoms with Gasteiger partial charge in [-0.2, -0.15) is 0 Å². The maximum atomic E-state index is 13.8. The fraction of sp³-hybridized carbons (Fsp3) is 0.385. The predicted octanol–water partition coefficient (Wildman–Crippen LogP) is 1.89. The summed E-state index contributed by atoms with van der Waals surface area (Å²) in [6.45, 7) is 1.78. The van der Waals surface area contributed by atoms with Gasteiger partial charge in [0.1, 0.15) is 17.0 Å². The van der Waals surface area contributed by atoms with Crippen LogP contribution in [-0.2, 0) is 0 Å². The van der Waals surface area contributed by atoms with E-state index in [1.807, 2.05) is 0 Å². The minimum atomic E-state index is -0.518. The molecule has 18 heavy (non-hydrogen) atoms. The van der Waals surface area contributed by atoms with Crippen molar-refractivity contribution in [3.63, 3.8) is 0 Å². The number of halogens is 1. The van der Waals surface area contributed by atoms with Gasteiger partial charge in [-0.3, -0.25) is 9.36 Å². The number of nitrogens with zero attached hydrogens (tertiary/aromatic N) is 2. The second-order valence-electron chi connectivity index (χ2n) is 4.80. The van der Waals surface area contributed by atoms with Crippen LogP contribution in [0.5, 0.6) is 0 Å². The minimum Gasteiger partial charge on any atom is -0.322 e. The van der Waals surface area contributed by atoms with E-state index in [4.69, 9.17) is 5.73 Å². The molecule has 4 nitrogen and oxygen atoms in total. The first-order valence-electron chi connectivity index (χ1n) is 6.06. The first-order valence-corrected chi connectivity index (χ1v) is 6.06. The van der Waals surface area contributed by atoms with E-state index in [1.165, 1.54) is 6.07 Å². The average molecular weight is 247 g/mol. The molecular weight excluding hydrogens is 233 g/mol. The second kappa shape index (κ2) is 3.88. The molecule has 1 saturated carbocycles. The summed E-state index contributed by atoms with van der Waals surface area (Å²) < 4.78 is 15.3. The van der Waals surface area contributed by atoms with Gasteiger partial charge in [0, 0.05) is 6.04 Å². The summed E-state index contributed by atoms with van der Waals surface area (Å²) in [5, 5.41) is 0.0637. The number of hydrogen-bond acceptors (Lipinski definition) is 3. The van der Waals surface area contributed by atoms with Gasteiger partial charge >= 0.3 is 0 Å². The van der Waals surface area contributed by atoms with Crippen LogP contribution in [0.3, 0.4) is 0 Å². The van der Waals surface area contributed by atoms with Crippen LogP contribution in [0.4, 0.5) is 4.39 Å². The highest BCUT2D eigenvalue weighted by atomic mass is 19.1. The molecular formula is C13H14FN3O. The monoisotopic (exact) mass is 247 g/mol. The number of fused-ring (bicyclic) bond motifs is 1. The predicted molar refractivity (Wildman–Crippen MR) is 66.8 cm³/mol. The van der Waals surface area contributed by atoms with Crippen molar-refractivity contribution in [2.75, 3.05) is 0 Å². The van der Waals surface area contributed by atoms with Gasteiger partial charge in [-0.05, 0) is 31.9 Å². The van der Waals surface area contributed by atoms with E-state index in [1.54, 1.807) is 23.6 Å². The standard InChI is InChI=1S/C13H14FN3O/c1-7(15)12-16-10-4-2-3-9(14)11(10)13(18)17(12)8-5-6-8/h2-4,7-8H,5-6,15H2,1H3. The van der Waals surface area contributed by atoms with Gasteiger partial charge in [0.05, 0.1) is 11.6 Å². The van der Waals surface area contributed by atoms with E-state index in [9.17, 15) is 9.18 Å². The summed E-state index contributed by atoms with van der Waals surface area (Å²) in [7, 11) is 0. The molecule has 0 spiro atoms. The molecule has 1 fully saturated rings. The molecule has 1 atom stereocenters. The Morgan fingerprint density at radius 1 is 1.50 bits per heavy atom. The molecule has 1 aliphatic rings. The highest BCUT2D eigenvalue weighted by Crippen LogP contribution is 2.35. The van der Waals surface area contributed by atoms with Crippen molar-refractivity contribution in [3.8, 4) is 0 Å². The summed E-state index contributed by atoms with van der Waals surface area (Å²) in [5.74, 6) is 0.0243. The lowest BCUT2D eigenvalue weighted by atomic mass is 10.2. The van der Waals surface area contributed by atoms with Crippen molar-refractivity contribution >= 4 is 10.9 Å². The van der Waals surface area contributed by atoms with Crippen molar-refractivity contribution in [2.45, 2.75) is 31.8 Å². The van der Waals surface area contributed by atoms with Crippen LogP contribution in [-0.4, -0.2) is 9.55 Å². The van der Waals surface area contributed by atoms with Crippen LogP contribution in [0.15, 0.2) is 23.0 Å². The van der Waals surface area contributed by atoms with Gasteiger partial charge in [0.25, 0.3) is 5.56 Å². The van der Waals surface area contributed by atoms with Crippen LogP contribution in [0, 0.1) is 5.82 Å². The zero-order valence-corrected chi connectivity index (χ0v) is 10.1. The van der Waals surface area contributed by atoms with Crippen molar-refractivity contribution in [1.29, 1.82) is 0 Å². The summed E-state index contributed by atoms with van der Waals surface area (Å²) in [6, 6.07) is 4.27. The molecule has 3 rings (SSSR count). The number of hydrogen-bond donors (Lipinski definition) is 1. The van der Waals surface area contributed by atoms with Gasteiger partial charge in [0.2, 0.25) is 0 Å². The first-order chi connectivity index (χ1) is 8.59. The Morgan fingerprint density at radius 2 is 2.22 bits per heavy atom. The van der Waals surface area contributed by atoms with Gasteiger partial charge in [-0.25, -0.2) is 9.37 Å². The lowest BCUT2D eigenvalue weighted by Crippen LogP contribution is -2.28. The molecule has 94 valence electrons. The van der Waals surface area contributed by atoms with Gasteiger partial charge in [-0.15, -0.1) is 0 Å². The molecule has 1 aliphatic carbocycles. The third kappa shape index (κ3) is 1.62. The van der Waals surface area contributed by atoms with Crippen LogP contribution in [0.1, 0.15) is 37.7 Å². The van der Waals surface area contributed by atoms with E-state index in [0.29, 0.717) is 11.3 Å². The highest BCUT2D eigenvalue weighted by Gasteiger charge is 2.29. The third-order valence-corrected chi connectivity index (χ3v) is 3.23. The van der Waals surface area contributed by atoms with Crippen LogP contribution < -0.4 is 11.3 Å². The third-order valence-electron chi connectivity index (χ3n) is 3.23.